The molecule has 37 heavy (non-hydrogen) atoms. The van der Waals surface area contributed by atoms with Crippen LogP contribution in [0.2, 0.25) is 5.15 Å². The maximum absolute atomic E-state index is 12.6. The first-order valence-electron chi connectivity index (χ1n) is 12.6. The van der Waals surface area contributed by atoms with Gasteiger partial charge in [0.05, 0.1) is 13.2 Å². The summed E-state index contributed by atoms with van der Waals surface area (Å²) >= 11 is 5.90. The molecule has 11 nitrogen and oxygen atoms in total. The van der Waals surface area contributed by atoms with Crippen molar-refractivity contribution < 1.29 is 19.1 Å². The number of piperidine rings is 1. The van der Waals surface area contributed by atoms with E-state index in [0.717, 1.165) is 45.3 Å². The van der Waals surface area contributed by atoms with Gasteiger partial charge < -0.3 is 36.1 Å². The van der Waals surface area contributed by atoms with Gasteiger partial charge in [-0.25, -0.2) is 9.97 Å². The largest absolute Gasteiger partial charge is 0.484 e. The number of aryl methyl sites for hydroxylation is 1. The topological polar surface area (TPSA) is 149 Å². The molecule has 5 N–H and O–H groups in total. The number of carbonyl (C=O) groups excluding carboxylic acids is 2. The molecule has 1 aromatic carbocycles. The van der Waals surface area contributed by atoms with E-state index in [2.05, 4.69) is 20.2 Å². The number of rotatable bonds is 9. The predicted molar refractivity (Wildman–Crippen MR) is 140 cm³/mol. The van der Waals surface area contributed by atoms with Gasteiger partial charge in [0, 0.05) is 25.7 Å². The zero-order chi connectivity index (χ0) is 26.2. The molecule has 0 aliphatic carbocycles. The lowest BCUT2D eigenvalue weighted by Crippen LogP contribution is -2.48. The summed E-state index contributed by atoms with van der Waals surface area (Å²) < 4.78 is 10.9. The number of nitrogens with one attached hydrogen (secondary N) is 1. The van der Waals surface area contributed by atoms with E-state index in [4.69, 9.17) is 32.5 Å². The summed E-state index contributed by atoms with van der Waals surface area (Å²) in [7, 11) is 0. The van der Waals surface area contributed by atoms with Crippen molar-refractivity contribution in [3.63, 3.8) is 0 Å². The van der Waals surface area contributed by atoms with Crippen LogP contribution in [0, 0.1) is 0 Å². The van der Waals surface area contributed by atoms with Gasteiger partial charge in [0.1, 0.15) is 5.75 Å². The summed E-state index contributed by atoms with van der Waals surface area (Å²) in [4.78, 5) is 36.9. The van der Waals surface area contributed by atoms with Crippen LogP contribution in [0.25, 0.3) is 0 Å². The van der Waals surface area contributed by atoms with Crippen LogP contribution in [0.5, 0.6) is 5.75 Å². The fraction of sp³-hybridized carbons (Fsp3) is 0.520. The number of nitrogens with zero attached hydrogens (tertiary/aromatic N) is 4. The zero-order valence-electron chi connectivity index (χ0n) is 20.8. The van der Waals surface area contributed by atoms with Crippen molar-refractivity contribution >= 4 is 35.1 Å². The monoisotopic (exact) mass is 531 g/mol. The van der Waals surface area contributed by atoms with Gasteiger partial charge in [-0.15, -0.1) is 0 Å². The normalized spacial score (nSPS) is 18.4. The molecule has 200 valence electrons. The molecule has 1 unspecified atom stereocenters. The highest BCUT2D eigenvalue weighted by molar-refractivity contribution is 6.31. The fourth-order valence-corrected chi connectivity index (χ4v) is 4.67. The standard InChI is InChI=1S/C25H34ClN7O4/c26-22-24(28)31-23(27)21(30-22)25(35)29-18-4-2-10-32(15-18)9-1-3-17-5-7-19(8-6-17)37-16-20(34)33-11-13-36-14-12-33/h5-8,18H,1-4,9-16H2,(H,29,35)(H4,27,28,31). The summed E-state index contributed by atoms with van der Waals surface area (Å²) in [6.45, 7) is 5.10. The summed E-state index contributed by atoms with van der Waals surface area (Å²) in [6.07, 6.45) is 3.79. The Bertz CT molecular complexity index is 1080. The average Bonchev–Trinajstić information content (AvgIpc) is 2.91. The second kappa shape index (κ2) is 12.9. The summed E-state index contributed by atoms with van der Waals surface area (Å²) in [5.41, 5.74) is 12.6. The Kier molecular flexibility index (Phi) is 9.37. The molecule has 0 saturated carbocycles. The lowest BCUT2D eigenvalue weighted by molar-refractivity contribution is -0.137. The molecular weight excluding hydrogens is 498 g/mol. The van der Waals surface area contributed by atoms with Crippen LogP contribution in [-0.2, 0) is 16.0 Å². The minimum Gasteiger partial charge on any atom is -0.484 e. The molecule has 4 rings (SSSR count). The molecule has 2 aliphatic heterocycles. The third-order valence-electron chi connectivity index (χ3n) is 6.55. The number of carbonyl (C=O) groups is 2. The van der Waals surface area contributed by atoms with Crippen molar-refractivity contribution in [3.05, 3.63) is 40.7 Å². The molecule has 2 saturated heterocycles. The van der Waals surface area contributed by atoms with Crippen molar-refractivity contribution in [2.45, 2.75) is 31.7 Å². The van der Waals surface area contributed by atoms with E-state index in [9.17, 15) is 9.59 Å². The minimum atomic E-state index is -0.396. The highest BCUT2D eigenvalue weighted by Gasteiger charge is 2.24. The molecule has 2 amide bonds. The Morgan fingerprint density at radius 2 is 1.86 bits per heavy atom. The second-order valence-corrected chi connectivity index (χ2v) is 9.63. The number of ether oxygens (including phenoxy) is 2. The van der Waals surface area contributed by atoms with Crippen molar-refractivity contribution in [2.24, 2.45) is 0 Å². The van der Waals surface area contributed by atoms with Crippen LogP contribution in [0.4, 0.5) is 11.6 Å². The Hall–Kier alpha value is -3.15. The van der Waals surface area contributed by atoms with Crippen LogP contribution in [0.15, 0.2) is 24.3 Å². The Balaban J connectivity index is 1.17. The smallest absolute Gasteiger partial charge is 0.274 e. The zero-order valence-corrected chi connectivity index (χ0v) is 21.6. The number of amides is 2. The molecule has 0 radical (unpaired) electrons. The number of anilines is 2. The maximum atomic E-state index is 12.6. The molecule has 2 aliphatic rings. The van der Waals surface area contributed by atoms with Gasteiger partial charge in [0.2, 0.25) is 0 Å². The Labute approximate surface area is 221 Å². The van der Waals surface area contributed by atoms with Crippen molar-refractivity contribution in [1.82, 2.24) is 25.1 Å². The van der Waals surface area contributed by atoms with Gasteiger partial charge >= 0.3 is 0 Å². The van der Waals surface area contributed by atoms with Crippen LogP contribution in [0.3, 0.4) is 0 Å². The van der Waals surface area contributed by atoms with Gasteiger partial charge in [0.25, 0.3) is 11.8 Å². The molecule has 1 aromatic heterocycles. The molecule has 3 heterocycles. The van der Waals surface area contributed by atoms with Crippen molar-refractivity contribution in [3.8, 4) is 5.75 Å². The van der Waals surface area contributed by atoms with Gasteiger partial charge in [-0.2, -0.15) is 0 Å². The maximum Gasteiger partial charge on any atom is 0.274 e. The van der Waals surface area contributed by atoms with E-state index < -0.39 is 5.91 Å². The number of hydrogen-bond donors (Lipinski definition) is 3. The van der Waals surface area contributed by atoms with Crippen molar-refractivity contribution in [2.75, 3.05) is 64.0 Å². The van der Waals surface area contributed by atoms with Crippen molar-refractivity contribution in [1.29, 1.82) is 0 Å². The first kappa shape index (κ1) is 26.9. The molecule has 0 spiro atoms. The second-order valence-electron chi connectivity index (χ2n) is 9.28. The summed E-state index contributed by atoms with van der Waals surface area (Å²) in [5.74, 6) is 0.241. The number of nitrogen functional groups attached to an aromatic ring is 2. The molecule has 12 heteroatoms. The molecular formula is C25H34ClN7O4. The predicted octanol–water partition coefficient (Wildman–Crippen LogP) is 1.36. The first-order chi connectivity index (χ1) is 17.9. The third-order valence-corrected chi connectivity index (χ3v) is 6.83. The quantitative estimate of drug-likeness (QED) is 0.436. The molecule has 1 atom stereocenters. The van der Waals surface area contributed by atoms with Crippen LogP contribution >= 0.6 is 11.6 Å². The van der Waals surface area contributed by atoms with Gasteiger partial charge in [-0.05, 0) is 56.5 Å². The summed E-state index contributed by atoms with van der Waals surface area (Å²) in [5, 5.41) is 2.96. The number of aromatic nitrogens is 2. The lowest BCUT2D eigenvalue weighted by Gasteiger charge is -2.33. The van der Waals surface area contributed by atoms with Crippen LogP contribution in [-0.4, -0.2) is 90.2 Å². The number of benzene rings is 1. The Morgan fingerprint density at radius 1 is 1.11 bits per heavy atom. The lowest BCUT2D eigenvalue weighted by atomic mass is 10.0. The van der Waals surface area contributed by atoms with E-state index in [0.29, 0.717) is 32.1 Å². The summed E-state index contributed by atoms with van der Waals surface area (Å²) in [6, 6.07) is 7.89. The van der Waals surface area contributed by atoms with Gasteiger partial charge in [-0.3, -0.25) is 9.59 Å². The van der Waals surface area contributed by atoms with E-state index in [1.807, 2.05) is 24.3 Å². The van der Waals surface area contributed by atoms with E-state index >= 15 is 0 Å². The molecule has 0 bridgehead atoms. The number of likely N-dealkylation sites (tertiary alicyclic amines) is 1. The van der Waals surface area contributed by atoms with E-state index in [1.165, 1.54) is 5.56 Å². The number of morpholine rings is 1. The first-order valence-corrected chi connectivity index (χ1v) is 13.0. The van der Waals surface area contributed by atoms with Crippen LogP contribution < -0.4 is 21.5 Å². The third kappa shape index (κ3) is 7.67. The molecule has 2 aromatic rings. The minimum absolute atomic E-state index is 0.000557. The van der Waals surface area contributed by atoms with Crippen LogP contribution in [0.1, 0.15) is 35.3 Å². The van der Waals surface area contributed by atoms with E-state index in [-0.39, 0.29) is 41.0 Å². The Morgan fingerprint density at radius 3 is 2.62 bits per heavy atom. The SMILES string of the molecule is Nc1nc(N)c(C(=O)NC2CCCN(CCCc3ccc(OCC(=O)N4CCOCC4)cc3)C2)nc1Cl. The number of nitrogens with two attached hydrogens (primary N) is 2. The molecule has 2 fully saturated rings. The van der Waals surface area contributed by atoms with E-state index in [1.54, 1.807) is 4.90 Å². The average molecular weight is 532 g/mol. The highest BCUT2D eigenvalue weighted by atomic mass is 35.5. The van der Waals surface area contributed by atoms with Gasteiger partial charge in [0.15, 0.2) is 29.1 Å². The number of hydrogen-bond acceptors (Lipinski definition) is 9. The highest BCUT2D eigenvalue weighted by Crippen LogP contribution is 2.19. The number of halogens is 1. The van der Waals surface area contributed by atoms with Gasteiger partial charge in [-0.1, -0.05) is 23.7 Å². The fourth-order valence-electron chi connectivity index (χ4n) is 4.55.